The molecule has 1 aliphatic rings. The van der Waals surface area contributed by atoms with Crippen LogP contribution < -0.4 is 11.4 Å². The zero-order chi connectivity index (χ0) is 17.0. The summed E-state index contributed by atoms with van der Waals surface area (Å²) in [6.07, 6.45) is -0.660. The first-order valence-electron chi connectivity index (χ1n) is 6.47. The number of nitrogen functional groups attached to an aromatic ring is 1. The Bertz CT molecular complexity index is 712. The largest absolute Gasteiger partial charge is 0.383 e. The molecule has 1 aromatic heterocycles. The molecule has 0 amide bonds. The number of azide groups is 1. The van der Waals surface area contributed by atoms with E-state index in [0.29, 0.717) is 0 Å². The minimum absolute atomic E-state index is 0.0670. The Kier molecular flexibility index (Phi) is 5.37. The predicted molar refractivity (Wildman–Crippen MR) is 77.2 cm³/mol. The van der Waals surface area contributed by atoms with Gasteiger partial charge in [0.15, 0.2) is 0 Å². The molecule has 12 nitrogen and oxygen atoms in total. The van der Waals surface area contributed by atoms with Gasteiger partial charge in [0.2, 0.25) is 0 Å². The Morgan fingerprint density at radius 2 is 2.39 bits per heavy atom. The Labute approximate surface area is 129 Å². The summed E-state index contributed by atoms with van der Waals surface area (Å²) < 4.78 is 22.4. The van der Waals surface area contributed by atoms with E-state index in [1.54, 1.807) is 0 Å². The molecule has 0 aliphatic carbocycles. The molecule has 0 radical (unpaired) electrons. The van der Waals surface area contributed by atoms with Crippen molar-refractivity contribution in [2.45, 2.75) is 24.8 Å². The highest BCUT2D eigenvalue weighted by molar-refractivity contribution is 7.51. The van der Waals surface area contributed by atoms with Crippen LogP contribution in [0.2, 0.25) is 0 Å². The molecule has 0 aromatic carbocycles. The van der Waals surface area contributed by atoms with E-state index in [1.165, 1.54) is 16.8 Å². The van der Waals surface area contributed by atoms with Gasteiger partial charge >= 0.3 is 13.3 Å². The lowest BCUT2D eigenvalue weighted by atomic mass is 10.1. The molecule has 0 saturated carbocycles. The zero-order valence-electron chi connectivity index (χ0n) is 11.8. The summed E-state index contributed by atoms with van der Waals surface area (Å²) in [4.78, 5) is 35.6. The van der Waals surface area contributed by atoms with Crippen LogP contribution in [0.5, 0.6) is 0 Å². The van der Waals surface area contributed by atoms with E-state index in [2.05, 4.69) is 15.0 Å². The Hall–Kier alpha value is -1.94. The van der Waals surface area contributed by atoms with Gasteiger partial charge in [0.05, 0.1) is 18.8 Å². The molecule has 4 N–H and O–H groups in total. The summed E-state index contributed by atoms with van der Waals surface area (Å²) in [6.45, 7) is -0.192. The molecule has 1 unspecified atom stereocenters. The highest BCUT2D eigenvalue weighted by atomic mass is 31.2. The van der Waals surface area contributed by atoms with Crippen molar-refractivity contribution in [2.24, 2.45) is 5.11 Å². The van der Waals surface area contributed by atoms with E-state index < -0.39 is 38.0 Å². The van der Waals surface area contributed by atoms with E-state index in [-0.39, 0.29) is 18.8 Å². The fourth-order valence-electron chi connectivity index (χ4n) is 2.16. The van der Waals surface area contributed by atoms with Crippen molar-refractivity contribution in [1.82, 2.24) is 9.55 Å². The van der Waals surface area contributed by atoms with Crippen molar-refractivity contribution in [1.29, 1.82) is 0 Å². The van der Waals surface area contributed by atoms with Gasteiger partial charge in [0.1, 0.15) is 18.4 Å². The summed E-state index contributed by atoms with van der Waals surface area (Å²) in [7, 11) is -4.30. The van der Waals surface area contributed by atoms with E-state index in [4.69, 9.17) is 30.5 Å². The Morgan fingerprint density at radius 3 is 3.00 bits per heavy atom. The molecule has 2 heterocycles. The summed E-state index contributed by atoms with van der Waals surface area (Å²) in [5, 5.41) is 3.56. The number of anilines is 1. The van der Waals surface area contributed by atoms with Crippen molar-refractivity contribution < 1.29 is 23.8 Å². The normalized spacial score (nSPS) is 24.3. The fraction of sp³-hybridized carbons (Fsp3) is 0.600. The first kappa shape index (κ1) is 17.4. The van der Waals surface area contributed by atoms with E-state index in [0.717, 1.165) is 0 Å². The molecule has 1 fully saturated rings. The van der Waals surface area contributed by atoms with E-state index >= 15 is 0 Å². The summed E-state index contributed by atoms with van der Waals surface area (Å²) in [5.41, 5.74) is 13.4. The molecule has 1 aliphatic heterocycles. The number of nitrogens with two attached hydrogens (primary N) is 1. The number of hydrogen-bond donors (Lipinski definition) is 3. The number of rotatable bonds is 6. The second-order valence-corrected chi connectivity index (χ2v) is 6.43. The Balaban J connectivity index is 2.09. The molecule has 23 heavy (non-hydrogen) atoms. The third-order valence-corrected chi connectivity index (χ3v) is 3.63. The highest BCUT2D eigenvalue weighted by Gasteiger charge is 2.36. The quantitative estimate of drug-likeness (QED) is 0.276. The monoisotopic (exact) mass is 346 g/mol. The van der Waals surface area contributed by atoms with Crippen LogP contribution in [-0.4, -0.2) is 44.4 Å². The predicted octanol–water partition coefficient (Wildman–Crippen LogP) is -0.0563. The van der Waals surface area contributed by atoms with Crippen LogP contribution in [0.1, 0.15) is 12.6 Å². The average Bonchev–Trinajstić information content (AvgIpc) is 2.81. The maximum atomic E-state index is 11.8. The van der Waals surface area contributed by atoms with Gasteiger partial charge in [-0.2, -0.15) is 4.98 Å². The Morgan fingerprint density at radius 1 is 1.65 bits per heavy atom. The van der Waals surface area contributed by atoms with Gasteiger partial charge in [-0.3, -0.25) is 9.13 Å². The maximum Gasteiger partial charge on any atom is 0.351 e. The molecule has 3 atom stereocenters. The van der Waals surface area contributed by atoms with Crippen molar-refractivity contribution in [2.75, 3.05) is 18.7 Å². The topological polar surface area (TPSA) is 186 Å². The maximum absolute atomic E-state index is 11.8. The van der Waals surface area contributed by atoms with Crippen molar-refractivity contribution >= 4 is 13.4 Å². The van der Waals surface area contributed by atoms with Crippen LogP contribution in [0.3, 0.4) is 0 Å². The lowest BCUT2D eigenvalue weighted by Gasteiger charge is -2.16. The molecular weight excluding hydrogens is 331 g/mol. The van der Waals surface area contributed by atoms with Gasteiger partial charge in [0.25, 0.3) is 0 Å². The first-order valence-corrected chi connectivity index (χ1v) is 8.26. The van der Waals surface area contributed by atoms with Crippen LogP contribution in [0, 0.1) is 0 Å². The van der Waals surface area contributed by atoms with Gasteiger partial charge in [-0.1, -0.05) is 5.11 Å². The zero-order valence-corrected chi connectivity index (χ0v) is 12.7. The number of nitrogens with zero attached hydrogens (tertiary/aromatic N) is 5. The third kappa shape index (κ3) is 4.76. The number of aromatic nitrogens is 2. The standard InChI is InChI=1S/C10H15N6O6P/c11-8-1-2-16(10(17)13-8)9-3-6(14-15-12)7(22-9)4-21-5-23(18,19)20/h1-2,6-7,9H,3-5H2,(H2,11,13,17)(H2,18,19,20)/t6?,7-,9-/m0/s1. The highest BCUT2D eigenvalue weighted by Crippen LogP contribution is 2.35. The van der Waals surface area contributed by atoms with Crippen LogP contribution >= 0.6 is 7.60 Å². The molecule has 13 heteroatoms. The molecule has 0 spiro atoms. The second-order valence-electron chi connectivity index (χ2n) is 4.84. The number of ether oxygens (including phenoxy) is 2. The molecule has 1 aromatic rings. The van der Waals surface area contributed by atoms with Gasteiger partial charge in [0, 0.05) is 17.5 Å². The van der Waals surface area contributed by atoms with Crippen molar-refractivity contribution in [3.8, 4) is 0 Å². The number of hydrogen-bond acceptors (Lipinski definition) is 7. The van der Waals surface area contributed by atoms with E-state index in [9.17, 15) is 9.36 Å². The third-order valence-electron chi connectivity index (χ3n) is 3.11. The summed E-state index contributed by atoms with van der Waals surface area (Å²) in [6, 6.07) is 0.775. The van der Waals surface area contributed by atoms with Gasteiger partial charge in [-0.05, 0) is 11.6 Å². The lowest BCUT2D eigenvalue weighted by molar-refractivity contribution is -0.0401. The smallest absolute Gasteiger partial charge is 0.351 e. The van der Waals surface area contributed by atoms with Crippen LogP contribution in [0.25, 0.3) is 10.4 Å². The van der Waals surface area contributed by atoms with Crippen LogP contribution in [0.15, 0.2) is 22.2 Å². The van der Waals surface area contributed by atoms with Crippen molar-refractivity contribution in [3.63, 3.8) is 0 Å². The second kappa shape index (κ2) is 7.09. The van der Waals surface area contributed by atoms with Crippen LogP contribution in [0.4, 0.5) is 5.82 Å². The summed E-state index contributed by atoms with van der Waals surface area (Å²) in [5.74, 6) is 0.0670. The molecule has 126 valence electrons. The summed E-state index contributed by atoms with van der Waals surface area (Å²) >= 11 is 0. The van der Waals surface area contributed by atoms with Gasteiger partial charge in [-0.25, -0.2) is 4.79 Å². The molecule has 1 saturated heterocycles. The molecule has 2 rings (SSSR count). The molecule has 0 bridgehead atoms. The average molecular weight is 346 g/mol. The van der Waals surface area contributed by atoms with Crippen molar-refractivity contribution in [3.05, 3.63) is 33.2 Å². The lowest BCUT2D eigenvalue weighted by Crippen LogP contribution is -2.28. The minimum atomic E-state index is -4.30. The van der Waals surface area contributed by atoms with E-state index in [1.807, 2.05) is 0 Å². The van der Waals surface area contributed by atoms with Gasteiger partial charge in [-0.15, -0.1) is 0 Å². The SMILES string of the molecule is [N-]=[N+]=NC1C[C@@H](n2ccc(N)nc2=O)O[C@H]1COCP(=O)(O)O. The van der Waals surface area contributed by atoms with Gasteiger partial charge < -0.3 is 25.0 Å². The fourth-order valence-corrected chi connectivity index (χ4v) is 2.50. The van der Waals surface area contributed by atoms with Crippen LogP contribution in [-0.2, 0) is 14.0 Å². The molecular formula is C10H15N6O6P. The first-order chi connectivity index (χ1) is 10.8. The minimum Gasteiger partial charge on any atom is -0.383 e.